The summed E-state index contributed by atoms with van der Waals surface area (Å²) in [5.41, 5.74) is 1.44. The number of halogens is 1. The maximum Gasteiger partial charge on any atom is 0.169 e. The van der Waals surface area contributed by atoms with Crippen molar-refractivity contribution >= 4 is 22.7 Å². The number of hydrogen-bond acceptors (Lipinski definition) is 2. The summed E-state index contributed by atoms with van der Waals surface area (Å²) in [5.74, 6) is 0.585. The molecule has 0 spiro atoms. The van der Waals surface area contributed by atoms with Gasteiger partial charge in [0, 0.05) is 16.7 Å². The average Bonchev–Trinajstić information content (AvgIpc) is 2.59. The van der Waals surface area contributed by atoms with Crippen molar-refractivity contribution < 1.29 is 8.81 Å². The molecule has 0 N–H and O–H groups in total. The lowest BCUT2D eigenvalue weighted by atomic mass is 10.2. The summed E-state index contributed by atoms with van der Waals surface area (Å²) in [6.07, 6.45) is 1.66. The lowest BCUT2D eigenvalue weighted by Gasteiger charge is -2.02. The van der Waals surface area contributed by atoms with E-state index in [-0.39, 0.29) is 5.82 Å². The van der Waals surface area contributed by atoms with Crippen LogP contribution in [0.15, 0.2) is 28.9 Å². The van der Waals surface area contributed by atoms with Crippen LogP contribution in [0, 0.1) is 5.82 Å². The molecular formula is C12H13FOS. The molecule has 1 nitrogen and oxygen atoms in total. The van der Waals surface area contributed by atoms with Gasteiger partial charge in [-0.05, 0) is 11.3 Å². The summed E-state index contributed by atoms with van der Waals surface area (Å²) in [6.45, 7) is 4.29. The summed E-state index contributed by atoms with van der Waals surface area (Å²) >= 11 is 1.83. The predicted molar refractivity (Wildman–Crippen MR) is 62.6 cm³/mol. The third kappa shape index (κ3) is 2.17. The van der Waals surface area contributed by atoms with Crippen molar-refractivity contribution in [2.75, 3.05) is 0 Å². The van der Waals surface area contributed by atoms with Crippen LogP contribution in [0.1, 0.15) is 19.4 Å². The third-order valence-electron chi connectivity index (χ3n) is 2.20. The van der Waals surface area contributed by atoms with E-state index in [4.69, 9.17) is 4.42 Å². The van der Waals surface area contributed by atoms with E-state index in [0.29, 0.717) is 10.8 Å². The topological polar surface area (TPSA) is 13.1 Å². The molecule has 0 aliphatic heterocycles. The van der Waals surface area contributed by atoms with E-state index < -0.39 is 0 Å². The first-order valence-corrected chi connectivity index (χ1v) is 5.99. The molecule has 15 heavy (non-hydrogen) atoms. The Balaban J connectivity index is 2.33. The second-order valence-corrected chi connectivity index (χ2v) is 5.30. The zero-order chi connectivity index (χ0) is 10.8. The minimum absolute atomic E-state index is 0.284. The van der Waals surface area contributed by atoms with Crippen molar-refractivity contribution in [1.82, 2.24) is 0 Å². The van der Waals surface area contributed by atoms with Gasteiger partial charge in [-0.3, -0.25) is 0 Å². The van der Waals surface area contributed by atoms with Gasteiger partial charge in [0.25, 0.3) is 0 Å². The number of hydrogen-bond donors (Lipinski definition) is 0. The molecular weight excluding hydrogens is 211 g/mol. The smallest absolute Gasteiger partial charge is 0.169 e. The van der Waals surface area contributed by atoms with Crippen LogP contribution in [-0.4, -0.2) is 5.25 Å². The van der Waals surface area contributed by atoms with Crippen molar-refractivity contribution in [3.63, 3.8) is 0 Å². The van der Waals surface area contributed by atoms with Gasteiger partial charge in [-0.15, -0.1) is 0 Å². The Morgan fingerprint density at radius 1 is 1.40 bits per heavy atom. The van der Waals surface area contributed by atoms with Crippen molar-refractivity contribution in [3.8, 4) is 0 Å². The monoisotopic (exact) mass is 224 g/mol. The van der Waals surface area contributed by atoms with Crippen molar-refractivity contribution in [2.24, 2.45) is 0 Å². The summed E-state index contributed by atoms with van der Waals surface area (Å²) < 4.78 is 18.5. The van der Waals surface area contributed by atoms with Crippen molar-refractivity contribution in [2.45, 2.75) is 24.9 Å². The molecule has 0 bridgehead atoms. The first-order valence-electron chi connectivity index (χ1n) is 4.94. The van der Waals surface area contributed by atoms with Crippen molar-refractivity contribution in [3.05, 3.63) is 35.8 Å². The zero-order valence-electron chi connectivity index (χ0n) is 8.79. The standard InChI is InChI=1S/C12H13FOS/c1-8(2)15-7-9-6-14-12-10(9)4-3-5-11(12)13/h3-6,8H,7H2,1-2H3. The van der Waals surface area contributed by atoms with Gasteiger partial charge in [0.05, 0.1) is 6.26 Å². The molecule has 2 rings (SSSR count). The molecule has 0 saturated heterocycles. The highest BCUT2D eigenvalue weighted by Crippen LogP contribution is 2.27. The maximum absolute atomic E-state index is 13.3. The number of rotatable bonds is 3. The van der Waals surface area contributed by atoms with Crippen LogP contribution in [0.5, 0.6) is 0 Å². The molecule has 1 heterocycles. The number of para-hydroxylation sites is 1. The van der Waals surface area contributed by atoms with E-state index in [9.17, 15) is 4.39 Å². The van der Waals surface area contributed by atoms with Gasteiger partial charge in [0.1, 0.15) is 0 Å². The quantitative estimate of drug-likeness (QED) is 0.774. The van der Waals surface area contributed by atoms with Gasteiger partial charge in [-0.1, -0.05) is 26.0 Å². The number of thioether (sulfide) groups is 1. The highest BCUT2D eigenvalue weighted by molar-refractivity contribution is 7.99. The summed E-state index contributed by atoms with van der Waals surface area (Å²) in [6, 6.07) is 5.04. The molecule has 0 unspecified atom stereocenters. The Labute approximate surface area is 92.7 Å². The normalized spacial score (nSPS) is 11.5. The molecule has 1 aromatic carbocycles. The van der Waals surface area contributed by atoms with E-state index in [1.807, 2.05) is 17.8 Å². The minimum Gasteiger partial charge on any atom is -0.461 e. The van der Waals surface area contributed by atoms with E-state index in [1.54, 1.807) is 12.3 Å². The summed E-state index contributed by atoms with van der Waals surface area (Å²) in [7, 11) is 0. The van der Waals surface area contributed by atoms with Crippen LogP contribution in [0.4, 0.5) is 4.39 Å². The first kappa shape index (κ1) is 10.6. The van der Waals surface area contributed by atoms with E-state index in [2.05, 4.69) is 13.8 Å². The van der Waals surface area contributed by atoms with E-state index >= 15 is 0 Å². The molecule has 0 aliphatic carbocycles. The highest BCUT2D eigenvalue weighted by Gasteiger charge is 2.09. The lowest BCUT2D eigenvalue weighted by Crippen LogP contribution is -1.87. The van der Waals surface area contributed by atoms with E-state index in [0.717, 1.165) is 16.7 Å². The molecule has 1 aromatic heterocycles. The van der Waals surface area contributed by atoms with Crippen LogP contribution in [0.3, 0.4) is 0 Å². The summed E-state index contributed by atoms with van der Waals surface area (Å²) in [5, 5.41) is 1.46. The molecule has 0 atom stereocenters. The fourth-order valence-electron chi connectivity index (χ4n) is 1.44. The molecule has 2 aromatic rings. The number of fused-ring (bicyclic) bond motifs is 1. The minimum atomic E-state index is -0.284. The molecule has 80 valence electrons. The third-order valence-corrected chi connectivity index (χ3v) is 3.35. The lowest BCUT2D eigenvalue weighted by molar-refractivity contribution is 0.559. The van der Waals surface area contributed by atoms with Gasteiger partial charge < -0.3 is 4.42 Å². The predicted octanol–water partition coefficient (Wildman–Crippen LogP) is 4.21. The molecule has 0 radical (unpaired) electrons. The molecule has 0 amide bonds. The first-order chi connectivity index (χ1) is 7.18. The van der Waals surface area contributed by atoms with E-state index in [1.165, 1.54) is 6.07 Å². The van der Waals surface area contributed by atoms with Gasteiger partial charge >= 0.3 is 0 Å². The Morgan fingerprint density at radius 2 is 2.20 bits per heavy atom. The zero-order valence-corrected chi connectivity index (χ0v) is 9.60. The fraction of sp³-hybridized carbons (Fsp3) is 0.333. The second kappa shape index (κ2) is 4.27. The molecule has 0 aliphatic rings. The Kier molecular flexibility index (Phi) is 3.00. The van der Waals surface area contributed by atoms with Crippen LogP contribution >= 0.6 is 11.8 Å². The highest BCUT2D eigenvalue weighted by atomic mass is 32.2. The maximum atomic E-state index is 13.3. The molecule has 3 heteroatoms. The Bertz CT molecular complexity index is 462. The van der Waals surface area contributed by atoms with Gasteiger partial charge in [0.2, 0.25) is 0 Å². The Hall–Kier alpha value is -0.960. The number of furan rings is 1. The van der Waals surface area contributed by atoms with Crippen LogP contribution in [-0.2, 0) is 5.75 Å². The molecule has 0 fully saturated rings. The Morgan fingerprint density at radius 3 is 2.93 bits per heavy atom. The fourth-order valence-corrected chi connectivity index (χ4v) is 2.18. The van der Waals surface area contributed by atoms with Crippen LogP contribution in [0.2, 0.25) is 0 Å². The summed E-state index contributed by atoms with van der Waals surface area (Å²) in [4.78, 5) is 0. The molecule has 0 saturated carbocycles. The number of benzene rings is 1. The average molecular weight is 224 g/mol. The second-order valence-electron chi connectivity index (χ2n) is 3.74. The van der Waals surface area contributed by atoms with Gasteiger partial charge in [-0.25, -0.2) is 4.39 Å². The van der Waals surface area contributed by atoms with Crippen molar-refractivity contribution in [1.29, 1.82) is 0 Å². The van der Waals surface area contributed by atoms with Crippen LogP contribution < -0.4 is 0 Å². The van der Waals surface area contributed by atoms with Gasteiger partial charge in [-0.2, -0.15) is 11.8 Å². The van der Waals surface area contributed by atoms with Gasteiger partial charge in [0.15, 0.2) is 11.4 Å². The van der Waals surface area contributed by atoms with Crippen LogP contribution in [0.25, 0.3) is 11.0 Å². The SMILES string of the molecule is CC(C)SCc1coc2c(F)cccc12. The largest absolute Gasteiger partial charge is 0.461 e.